The Balaban J connectivity index is 2.20. The number of aliphatic carboxylic acids is 1. The number of nitrogens with one attached hydrogen (secondary N) is 1. The first-order chi connectivity index (χ1) is 8.09. The molecule has 0 bridgehead atoms. The maximum atomic E-state index is 11.4. The maximum Gasteiger partial charge on any atom is 0.230 e. The molecule has 1 aliphatic heterocycles. The van der Waals surface area contributed by atoms with Gasteiger partial charge in [0.25, 0.3) is 0 Å². The number of aromatic amines is 1. The van der Waals surface area contributed by atoms with Gasteiger partial charge < -0.3 is 14.9 Å². The standard InChI is InChI=1S/C10H11N3O4/c14-8-1-2-9(15)13(8)7(10(16)17)3-6-4-11-5-12-6/h4-5,7H,1-3H2,(H,11,12)(H,16,17)/p-1. The number of H-pyrrole nitrogens is 1. The summed E-state index contributed by atoms with van der Waals surface area (Å²) >= 11 is 0. The minimum absolute atomic E-state index is 0.0141. The van der Waals surface area contributed by atoms with Crippen LogP contribution in [0.25, 0.3) is 0 Å². The SMILES string of the molecule is O=C([O-])C(Cc1cnc[nH]1)N1C(=O)CCC1=O. The second-order valence-electron chi connectivity index (χ2n) is 3.77. The lowest BCUT2D eigenvalue weighted by Crippen LogP contribution is -2.51. The van der Waals surface area contributed by atoms with Gasteiger partial charge in [-0.25, -0.2) is 4.98 Å². The Kier molecular flexibility index (Phi) is 2.90. The van der Waals surface area contributed by atoms with E-state index in [1.807, 2.05) is 0 Å². The monoisotopic (exact) mass is 236 g/mol. The summed E-state index contributed by atoms with van der Waals surface area (Å²) in [5.74, 6) is -2.38. The number of likely N-dealkylation sites (tertiary alicyclic amines) is 1. The van der Waals surface area contributed by atoms with Crippen molar-refractivity contribution in [1.29, 1.82) is 0 Å². The zero-order chi connectivity index (χ0) is 12.4. The number of carboxylic acid groups (broad SMARTS) is 1. The number of rotatable bonds is 4. The molecule has 0 radical (unpaired) electrons. The number of imidazole rings is 1. The first kappa shape index (κ1) is 11.3. The zero-order valence-electron chi connectivity index (χ0n) is 8.88. The molecule has 90 valence electrons. The smallest absolute Gasteiger partial charge is 0.230 e. The molecular formula is C10H10N3O4-. The number of aromatic nitrogens is 2. The van der Waals surface area contributed by atoms with Gasteiger partial charge in [0.15, 0.2) is 0 Å². The molecule has 2 rings (SSSR count). The number of carboxylic acids is 1. The Hall–Kier alpha value is -2.18. The second kappa shape index (κ2) is 4.36. The van der Waals surface area contributed by atoms with E-state index in [-0.39, 0.29) is 19.3 Å². The molecule has 0 aromatic carbocycles. The van der Waals surface area contributed by atoms with Crippen molar-refractivity contribution in [3.05, 3.63) is 18.2 Å². The largest absolute Gasteiger partial charge is 0.548 e. The molecule has 1 aromatic heterocycles. The topological polar surface area (TPSA) is 106 Å². The summed E-state index contributed by atoms with van der Waals surface area (Å²) in [4.78, 5) is 41.1. The van der Waals surface area contributed by atoms with Crippen molar-refractivity contribution in [3.63, 3.8) is 0 Å². The summed E-state index contributed by atoms with van der Waals surface area (Å²) in [5, 5.41) is 11.0. The fourth-order valence-electron chi connectivity index (χ4n) is 1.83. The molecule has 1 fully saturated rings. The van der Waals surface area contributed by atoms with Crippen molar-refractivity contribution in [2.24, 2.45) is 0 Å². The summed E-state index contributed by atoms with van der Waals surface area (Å²) in [6, 6.07) is -1.27. The Labute approximate surface area is 96.4 Å². The minimum Gasteiger partial charge on any atom is -0.548 e. The first-order valence-corrected chi connectivity index (χ1v) is 5.12. The van der Waals surface area contributed by atoms with Gasteiger partial charge in [-0.3, -0.25) is 14.5 Å². The van der Waals surface area contributed by atoms with Crippen LogP contribution in [0, 0.1) is 0 Å². The Bertz CT molecular complexity index is 438. The van der Waals surface area contributed by atoms with Crippen molar-refractivity contribution < 1.29 is 19.5 Å². The van der Waals surface area contributed by atoms with Gasteiger partial charge in [0, 0.05) is 31.2 Å². The van der Waals surface area contributed by atoms with E-state index in [1.165, 1.54) is 12.5 Å². The second-order valence-corrected chi connectivity index (χ2v) is 3.77. The molecule has 1 N–H and O–H groups in total. The number of amides is 2. The van der Waals surface area contributed by atoms with Crippen LogP contribution >= 0.6 is 0 Å². The predicted molar refractivity (Wildman–Crippen MR) is 52.2 cm³/mol. The number of nitrogens with zero attached hydrogens (tertiary/aromatic N) is 2. The molecule has 1 aliphatic rings. The van der Waals surface area contributed by atoms with Crippen molar-refractivity contribution >= 4 is 17.8 Å². The molecular weight excluding hydrogens is 226 g/mol. The zero-order valence-corrected chi connectivity index (χ0v) is 8.88. The summed E-state index contributed by atoms with van der Waals surface area (Å²) < 4.78 is 0. The molecule has 7 nitrogen and oxygen atoms in total. The van der Waals surface area contributed by atoms with Gasteiger partial charge in [0.2, 0.25) is 11.8 Å². The van der Waals surface area contributed by atoms with Gasteiger partial charge in [-0.2, -0.15) is 0 Å². The lowest BCUT2D eigenvalue weighted by atomic mass is 10.1. The fraction of sp³-hybridized carbons (Fsp3) is 0.400. The molecule has 1 unspecified atom stereocenters. The molecule has 7 heteroatoms. The Morgan fingerprint density at radius 3 is 2.59 bits per heavy atom. The third kappa shape index (κ3) is 2.17. The minimum atomic E-state index is -1.44. The quantitative estimate of drug-likeness (QED) is 0.622. The van der Waals surface area contributed by atoms with Crippen LogP contribution in [0.5, 0.6) is 0 Å². The van der Waals surface area contributed by atoms with Crippen LogP contribution in [0.2, 0.25) is 0 Å². The fourth-order valence-corrected chi connectivity index (χ4v) is 1.83. The number of carbonyl (C=O) groups is 3. The van der Waals surface area contributed by atoms with Crippen LogP contribution in [0.1, 0.15) is 18.5 Å². The maximum absolute atomic E-state index is 11.4. The highest BCUT2D eigenvalue weighted by atomic mass is 16.4. The van der Waals surface area contributed by atoms with Crippen LogP contribution in [-0.4, -0.2) is 38.7 Å². The van der Waals surface area contributed by atoms with Crippen molar-refractivity contribution in [2.45, 2.75) is 25.3 Å². The van der Waals surface area contributed by atoms with E-state index in [1.54, 1.807) is 0 Å². The summed E-state index contributed by atoms with van der Waals surface area (Å²) in [5.41, 5.74) is 0.534. The van der Waals surface area contributed by atoms with Crippen LogP contribution in [0.15, 0.2) is 12.5 Å². The average Bonchev–Trinajstić information content (AvgIpc) is 2.87. The van der Waals surface area contributed by atoms with Crippen LogP contribution in [-0.2, 0) is 20.8 Å². The van der Waals surface area contributed by atoms with E-state index in [2.05, 4.69) is 9.97 Å². The third-order valence-electron chi connectivity index (χ3n) is 2.64. The molecule has 1 saturated heterocycles. The first-order valence-electron chi connectivity index (χ1n) is 5.12. The van der Waals surface area contributed by atoms with Crippen LogP contribution in [0.4, 0.5) is 0 Å². The molecule has 0 saturated carbocycles. The van der Waals surface area contributed by atoms with Crippen LogP contribution < -0.4 is 5.11 Å². The predicted octanol–water partition coefficient (Wildman–Crippen LogP) is -1.78. The van der Waals surface area contributed by atoms with Gasteiger partial charge in [0.05, 0.1) is 18.3 Å². The van der Waals surface area contributed by atoms with Crippen LogP contribution in [0.3, 0.4) is 0 Å². The summed E-state index contributed by atoms with van der Waals surface area (Å²) in [7, 11) is 0. The van der Waals surface area contributed by atoms with E-state index in [4.69, 9.17) is 0 Å². The highest BCUT2D eigenvalue weighted by Gasteiger charge is 2.35. The molecule has 2 amide bonds. The average molecular weight is 236 g/mol. The van der Waals surface area contributed by atoms with Gasteiger partial charge in [-0.05, 0) is 0 Å². The van der Waals surface area contributed by atoms with Gasteiger partial charge in [0.1, 0.15) is 0 Å². The molecule has 1 atom stereocenters. The van der Waals surface area contributed by atoms with Crippen molar-refractivity contribution in [1.82, 2.24) is 14.9 Å². The molecule has 17 heavy (non-hydrogen) atoms. The molecule has 0 spiro atoms. The van der Waals surface area contributed by atoms with E-state index in [0.717, 1.165) is 4.90 Å². The van der Waals surface area contributed by atoms with E-state index >= 15 is 0 Å². The number of hydrogen-bond donors (Lipinski definition) is 1. The van der Waals surface area contributed by atoms with E-state index < -0.39 is 23.8 Å². The highest BCUT2D eigenvalue weighted by molar-refractivity contribution is 6.04. The van der Waals surface area contributed by atoms with Gasteiger partial charge in [-0.1, -0.05) is 0 Å². The number of hydrogen-bond acceptors (Lipinski definition) is 5. The normalized spacial score (nSPS) is 17.5. The van der Waals surface area contributed by atoms with Crippen molar-refractivity contribution in [2.75, 3.05) is 0 Å². The third-order valence-corrected chi connectivity index (χ3v) is 2.64. The molecule has 2 heterocycles. The summed E-state index contributed by atoms with van der Waals surface area (Å²) in [6.45, 7) is 0. The van der Waals surface area contributed by atoms with E-state index in [9.17, 15) is 19.5 Å². The molecule has 1 aromatic rings. The Morgan fingerprint density at radius 1 is 1.47 bits per heavy atom. The summed E-state index contributed by atoms with van der Waals surface area (Å²) in [6.07, 6.45) is 2.95. The molecule has 0 aliphatic carbocycles. The number of imide groups is 1. The number of carbonyl (C=O) groups excluding carboxylic acids is 3. The van der Waals surface area contributed by atoms with E-state index in [0.29, 0.717) is 5.69 Å². The lowest BCUT2D eigenvalue weighted by Gasteiger charge is -2.26. The lowest BCUT2D eigenvalue weighted by molar-refractivity contribution is -0.310. The van der Waals surface area contributed by atoms with Gasteiger partial charge >= 0.3 is 0 Å². The highest BCUT2D eigenvalue weighted by Crippen LogP contribution is 2.17. The Morgan fingerprint density at radius 2 is 2.12 bits per heavy atom. The van der Waals surface area contributed by atoms with Crippen molar-refractivity contribution in [3.8, 4) is 0 Å². The van der Waals surface area contributed by atoms with Gasteiger partial charge in [-0.15, -0.1) is 0 Å².